The van der Waals surface area contributed by atoms with Crippen molar-refractivity contribution < 1.29 is 48.5 Å². The van der Waals surface area contributed by atoms with Gasteiger partial charge in [-0.3, -0.25) is 0 Å². The molecule has 2 aromatic rings. The van der Waals surface area contributed by atoms with Gasteiger partial charge in [-0.25, -0.2) is 0 Å². The maximum absolute atomic E-state index is 10.6. The molecule has 3 N–H and O–H groups in total. The van der Waals surface area contributed by atoms with Gasteiger partial charge in [0.25, 0.3) is 0 Å². The molecular formula is C16H22N6O10. The molecule has 0 amide bonds. The Balaban J connectivity index is 1.92. The summed E-state index contributed by atoms with van der Waals surface area (Å²) >= 11 is 0. The van der Waals surface area contributed by atoms with Gasteiger partial charge in [-0.2, -0.15) is 0 Å². The summed E-state index contributed by atoms with van der Waals surface area (Å²) in [6.45, 7) is -0.623. The Hall–Kier alpha value is -3.34. The van der Waals surface area contributed by atoms with Gasteiger partial charge in [-0.1, -0.05) is 0 Å². The van der Waals surface area contributed by atoms with Crippen molar-refractivity contribution >= 4 is 0 Å². The lowest BCUT2D eigenvalue weighted by Crippen LogP contribution is -2.62. The minimum atomic E-state index is -1.61. The Labute approximate surface area is 181 Å². The monoisotopic (exact) mass is 458 g/mol. The quantitative estimate of drug-likeness (QED) is 0.351. The normalized spacial score (nSPS) is 25.0. The molecule has 0 bridgehead atoms. The van der Waals surface area contributed by atoms with Crippen LogP contribution in [0.2, 0.25) is 0 Å². The van der Waals surface area contributed by atoms with Gasteiger partial charge in [0.15, 0.2) is 6.10 Å². The molecule has 0 unspecified atom stereocenters. The van der Waals surface area contributed by atoms with Crippen molar-refractivity contribution in [2.24, 2.45) is 0 Å². The molecule has 0 aromatic carbocycles. The molecule has 1 saturated heterocycles. The van der Waals surface area contributed by atoms with Crippen molar-refractivity contribution in [2.75, 3.05) is 35.0 Å². The highest BCUT2D eigenvalue weighted by Gasteiger charge is 2.48. The third-order valence-electron chi connectivity index (χ3n) is 4.17. The largest absolute Gasteiger partial charge is 0.467 e. The average molecular weight is 458 g/mol. The second kappa shape index (κ2) is 10.3. The van der Waals surface area contributed by atoms with E-state index < -0.39 is 37.3 Å². The van der Waals surface area contributed by atoms with E-state index >= 15 is 0 Å². The number of aliphatic hydroxyl groups excluding tert-OH is 3. The molecule has 176 valence electrons. The Morgan fingerprint density at radius 2 is 1.06 bits per heavy atom. The first-order valence-corrected chi connectivity index (χ1v) is 9.06. The zero-order valence-corrected chi connectivity index (χ0v) is 17.5. The van der Waals surface area contributed by atoms with Crippen LogP contribution in [0.4, 0.5) is 0 Å². The van der Waals surface area contributed by atoms with E-state index in [1.54, 1.807) is 0 Å². The van der Waals surface area contributed by atoms with Crippen LogP contribution in [0.15, 0.2) is 0 Å². The van der Waals surface area contributed by atoms with Gasteiger partial charge < -0.3 is 48.5 Å². The SMILES string of the molecule is COc1nc(OC)nc(O[C@H]2O[C@H](CO)[C@@H](O)[C@H](O)[C@H]2Oc2nc(OC)nc(OC)n2)n1. The van der Waals surface area contributed by atoms with E-state index in [-0.39, 0.29) is 36.1 Å². The molecule has 0 aliphatic carbocycles. The standard InChI is InChI=1S/C16H22N6O10/c1-26-11-17-12(27-2)20-15(19-11)31-9-8(25)7(24)6(5-23)30-10(9)32-16-21-13(28-3)18-14(22-16)29-4/h6-10,23-25H,5H2,1-4H3/t6-,7-,8+,9-,10-/m1/s1. The van der Waals surface area contributed by atoms with Crippen molar-refractivity contribution in [2.45, 2.75) is 30.7 Å². The van der Waals surface area contributed by atoms with Crippen molar-refractivity contribution in [3.8, 4) is 36.1 Å². The number of ether oxygens (including phenoxy) is 7. The number of methoxy groups -OCH3 is 4. The Morgan fingerprint density at radius 3 is 1.47 bits per heavy atom. The van der Waals surface area contributed by atoms with Gasteiger partial charge in [0.1, 0.15) is 18.3 Å². The molecule has 3 heterocycles. The summed E-state index contributed by atoms with van der Waals surface area (Å²) in [5.74, 6) is 0. The van der Waals surface area contributed by atoms with Crippen molar-refractivity contribution in [1.29, 1.82) is 0 Å². The van der Waals surface area contributed by atoms with Crippen LogP contribution in [0.25, 0.3) is 0 Å². The molecular weight excluding hydrogens is 436 g/mol. The molecule has 0 radical (unpaired) electrons. The fourth-order valence-corrected chi connectivity index (χ4v) is 2.61. The van der Waals surface area contributed by atoms with Gasteiger partial charge >= 0.3 is 36.1 Å². The molecule has 32 heavy (non-hydrogen) atoms. The lowest BCUT2D eigenvalue weighted by Gasteiger charge is -2.40. The third-order valence-corrected chi connectivity index (χ3v) is 4.17. The first kappa shape index (κ1) is 23.3. The second-order valence-electron chi connectivity index (χ2n) is 6.09. The number of rotatable bonds is 9. The second-order valence-corrected chi connectivity index (χ2v) is 6.09. The fourth-order valence-electron chi connectivity index (χ4n) is 2.61. The highest BCUT2D eigenvalue weighted by atomic mass is 16.7. The summed E-state index contributed by atoms with van der Waals surface area (Å²) < 4.78 is 36.6. The molecule has 1 aliphatic rings. The minimum absolute atomic E-state index is 0.119. The van der Waals surface area contributed by atoms with E-state index in [4.69, 9.17) is 33.2 Å². The first-order chi connectivity index (χ1) is 15.4. The maximum Gasteiger partial charge on any atom is 0.328 e. The van der Waals surface area contributed by atoms with E-state index in [1.165, 1.54) is 28.4 Å². The summed E-state index contributed by atoms with van der Waals surface area (Å²) in [7, 11) is 5.29. The number of aromatic nitrogens is 6. The third kappa shape index (κ3) is 5.10. The maximum atomic E-state index is 10.6. The number of aliphatic hydroxyl groups is 3. The van der Waals surface area contributed by atoms with Gasteiger partial charge in [0.2, 0.25) is 6.29 Å². The smallest absolute Gasteiger partial charge is 0.328 e. The van der Waals surface area contributed by atoms with Gasteiger partial charge in [-0.15, -0.1) is 29.9 Å². The van der Waals surface area contributed by atoms with Crippen LogP contribution in [0.5, 0.6) is 36.1 Å². The molecule has 1 aliphatic heterocycles. The topological polar surface area (TPSA) is 203 Å². The van der Waals surface area contributed by atoms with Gasteiger partial charge in [0, 0.05) is 0 Å². The van der Waals surface area contributed by atoms with Crippen LogP contribution in [-0.4, -0.2) is 111 Å². The number of hydrogen-bond donors (Lipinski definition) is 3. The molecule has 0 spiro atoms. The van der Waals surface area contributed by atoms with Gasteiger partial charge in [0.05, 0.1) is 35.0 Å². The van der Waals surface area contributed by atoms with Crippen LogP contribution < -0.4 is 28.4 Å². The summed E-state index contributed by atoms with van der Waals surface area (Å²) in [5, 5.41) is 30.4. The zero-order valence-electron chi connectivity index (χ0n) is 17.5. The average Bonchev–Trinajstić information content (AvgIpc) is 2.82. The Morgan fingerprint density at radius 1 is 0.656 bits per heavy atom. The molecule has 16 heteroatoms. The molecule has 1 fully saturated rings. The predicted molar refractivity (Wildman–Crippen MR) is 98.7 cm³/mol. The van der Waals surface area contributed by atoms with E-state index in [0.29, 0.717) is 0 Å². The fraction of sp³-hybridized carbons (Fsp3) is 0.625. The molecule has 2 aromatic heterocycles. The van der Waals surface area contributed by atoms with Crippen LogP contribution in [0.3, 0.4) is 0 Å². The lowest BCUT2D eigenvalue weighted by molar-refractivity contribution is -0.273. The Bertz CT molecular complexity index is 863. The molecule has 3 rings (SSSR count). The van der Waals surface area contributed by atoms with Crippen molar-refractivity contribution in [1.82, 2.24) is 29.9 Å². The van der Waals surface area contributed by atoms with Crippen molar-refractivity contribution in [3.05, 3.63) is 0 Å². The van der Waals surface area contributed by atoms with E-state index in [9.17, 15) is 15.3 Å². The van der Waals surface area contributed by atoms with Crippen LogP contribution in [-0.2, 0) is 4.74 Å². The summed E-state index contributed by atoms with van der Waals surface area (Å²) in [6, 6.07) is -1.13. The predicted octanol–water partition coefficient (Wildman–Crippen LogP) is -2.64. The van der Waals surface area contributed by atoms with E-state index in [0.717, 1.165) is 0 Å². The van der Waals surface area contributed by atoms with Crippen LogP contribution >= 0.6 is 0 Å². The lowest BCUT2D eigenvalue weighted by atomic mass is 9.99. The Kier molecular flexibility index (Phi) is 7.52. The highest BCUT2D eigenvalue weighted by Crippen LogP contribution is 2.27. The van der Waals surface area contributed by atoms with Gasteiger partial charge in [-0.05, 0) is 0 Å². The first-order valence-electron chi connectivity index (χ1n) is 9.06. The molecule has 16 nitrogen and oxygen atoms in total. The summed E-state index contributed by atoms with van der Waals surface area (Å²) in [4.78, 5) is 23.3. The molecule has 0 saturated carbocycles. The molecule has 5 atom stereocenters. The number of hydrogen-bond acceptors (Lipinski definition) is 16. The zero-order chi connectivity index (χ0) is 23.3. The van der Waals surface area contributed by atoms with Crippen molar-refractivity contribution in [3.63, 3.8) is 0 Å². The minimum Gasteiger partial charge on any atom is -0.467 e. The summed E-state index contributed by atoms with van der Waals surface area (Å²) in [5.41, 5.74) is 0. The highest BCUT2D eigenvalue weighted by molar-refractivity contribution is 5.11. The summed E-state index contributed by atoms with van der Waals surface area (Å²) in [6.07, 6.45) is -7.21. The van der Waals surface area contributed by atoms with E-state index in [2.05, 4.69) is 29.9 Å². The van der Waals surface area contributed by atoms with Crippen LogP contribution in [0.1, 0.15) is 0 Å². The van der Waals surface area contributed by atoms with Crippen LogP contribution in [0, 0.1) is 0 Å². The number of nitrogens with zero attached hydrogens (tertiary/aromatic N) is 6. The van der Waals surface area contributed by atoms with E-state index in [1.807, 2.05) is 0 Å².